The van der Waals surface area contributed by atoms with Gasteiger partial charge in [-0.3, -0.25) is 0 Å². The molecule has 3 nitrogen and oxygen atoms in total. The van der Waals surface area contributed by atoms with Gasteiger partial charge in [-0.05, 0) is 32.4 Å². The van der Waals surface area contributed by atoms with Crippen LogP contribution in [0.5, 0.6) is 0 Å². The van der Waals surface area contributed by atoms with Crippen molar-refractivity contribution in [3.8, 4) is 0 Å². The number of carbonyl (C=O) groups excluding carboxylic acids is 1. The van der Waals surface area contributed by atoms with Gasteiger partial charge in [0, 0.05) is 13.2 Å². The van der Waals surface area contributed by atoms with Crippen molar-refractivity contribution in [1.29, 1.82) is 0 Å². The van der Waals surface area contributed by atoms with Crippen molar-refractivity contribution >= 4 is 6.29 Å². The van der Waals surface area contributed by atoms with Crippen molar-refractivity contribution in [2.24, 2.45) is 5.41 Å². The van der Waals surface area contributed by atoms with Crippen LogP contribution in [0.3, 0.4) is 0 Å². The van der Waals surface area contributed by atoms with E-state index in [1.54, 1.807) is 0 Å². The molecule has 0 aromatic rings. The van der Waals surface area contributed by atoms with Crippen molar-refractivity contribution in [3.63, 3.8) is 0 Å². The maximum atomic E-state index is 11.3. The van der Waals surface area contributed by atoms with Gasteiger partial charge in [0.15, 0.2) is 0 Å². The lowest BCUT2D eigenvalue weighted by atomic mass is 9.88. The summed E-state index contributed by atoms with van der Waals surface area (Å²) in [4.78, 5) is 13.8. The van der Waals surface area contributed by atoms with E-state index in [2.05, 4.69) is 18.7 Å². The number of aldehydes is 1. The van der Waals surface area contributed by atoms with E-state index in [0.717, 1.165) is 38.9 Å². The average molecular weight is 241 g/mol. The van der Waals surface area contributed by atoms with E-state index < -0.39 is 0 Å². The van der Waals surface area contributed by atoms with Crippen LogP contribution in [0, 0.1) is 5.41 Å². The third-order valence-corrected chi connectivity index (χ3v) is 3.58. The minimum absolute atomic E-state index is 0.221. The van der Waals surface area contributed by atoms with Crippen LogP contribution >= 0.6 is 0 Å². The molecule has 1 fully saturated rings. The highest BCUT2D eigenvalue weighted by atomic mass is 16.5. The van der Waals surface area contributed by atoms with Crippen LogP contribution in [0.15, 0.2) is 0 Å². The normalized spacial score (nSPS) is 24.4. The molecular weight excluding hydrogens is 214 g/mol. The number of carbonyl (C=O) groups is 1. The summed E-state index contributed by atoms with van der Waals surface area (Å²) in [6, 6.07) is 0. The van der Waals surface area contributed by atoms with E-state index in [-0.39, 0.29) is 5.41 Å². The van der Waals surface area contributed by atoms with Crippen molar-refractivity contribution in [3.05, 3.63) is 0 Å². The zero-order valence-electron chi connectivity index (χ0n) is 11.4. The van der Waals surface area contributed by atoms with Crippen LogP contribution in [0.4, 0.5) is 0 Å². The molecule has 1 saturated heterocycles. The van der Waals surface area contributed by atoms with Gasteiger partial charge in [-0.25, -0.2) is 0 Å². The zero-order chi connectivity index (χ0) is 12.6. The van der Waals surface area contributed by atoms with Crippen molar-refractivity contribution < 1.29 is 9.53 Å². The molecule has 1 atom stereocenters. The van der Waals surface area contributed by atoms with Crippen LogP contribution < -0.4 is 0 Å². The van der Waals surface area contributed by atoms with Gasteiger partial charge < -0.3 is 14.4 Å². The summed E-state index contributed by atoms with van der Waals surface area (Å²) in [5.41, 5.74) is -0.221. The molecule has 0 spiro atoms. The van der Waals surface area contributed by atoms with E-state index in [1.807, 2.05) is 0 Å². The molecular formula is C14H27NO2. The first kappa shape index (κ1) is 14.7. The van der Waals surface area contributed by atoms with Gasteiger partial charge in [-0.2, -0.15) is 0 Å². The monoisotopic (exact) mass is 241 g/mol. The molecule has 1 rings (SSSR count). The molecule has 1 heterocycles. The Bertz CT molecular complexity index is 204. The van der Waals surface area contributed by atoms with Gasteiger partial charge in [0.25, 0.3) is 0 Å². The lowest BCUT2D eigenvalue weighted by molar-refractivity contribution is -0.117. The number of hydrogen-bond acceptors (Lipinski definition) is 3. The van der Waals surface area contributed by atoms with Crippen molar-refractivity contribution in [2.75, 3.05) is 32.8 Å². The van der Waals surface area contributed by atoms with E-state index in [9.17, 15) is 4.79 Å². The van der Waals surface area contributed by atoms with Crippen LogP contribution in [-0.2, 0) is 9.53 Å². The van der Waals surface area contributed by atoms with Crippen LogP contribution in [-0.4, -0.2) is 44.0 Å². The Morgan fingerprint density at radius 3 is 2.29 bits per heavy atom. The molecule has 17 heavy (non-hydrogen) atoms. The summed E-state index contributed by atoms with van der Waals surface area (Å²) >= 11 is 0. The highest BCUT2D eigenvalue weighted by Crippen LogP contribution is 2.27. The molecule has 0 aromatic carbocycles. The van der Waals surface area contributed by atoms with Gasteiger partial charge in [-0.1, -0.05) is 26.7 Å². The molecule has 1 unspecified atom stereocenters. The largest absolute Gasteiger partial charge is 0.380 e. The number of ether oxygens (including phenoxy) is 1. The summed E-state index contributed by atoms with van der Waals surface area (Å²) < 4.78 is 5.40. The van der Waals surface area contributed by atoms with E-state index >= 15 is 0 Å². The summed E-state index contributed by atoms with van der Waals surface area (Å²) in [5, 5.41) is 0. The SMILES string of the molecule is CCCCN(CCCC)CC1(C=O)CCOC1. The number of rotatable bonds is 9. The Morgan fingerprint density at radius 1 is 1.24 bits per heavy atom. The standard InChI is InChI=1S/C14H27NO2/c1-3-5-8-15(9-6-4-2)11-14(12-16)7-10-17-13-14/h12H,3-11,13H2,1-2H3. The Kier molecular flexibility index (Phi) is 6.75. The van der Waals surface area contributed by atoms with Gasteiger partial charge in [-0.15, -0.1) is 0 Å². The molecule has 0 radical (unpaired) electrons. The fourth-order valence-electron chi connectivity index (χ4n) is 2.36. The quantitative estimate of drug-likeness (QED) is 0.581. The minimum atomic E-state index is -0.221. The number of nitrogens with zero attached hydrogens (tertiary/aromatic N) is 1. The predicted molar refractivity (Wildman–Crippen MR) is 70.2 cm³/mol. The highest BCUT2D eigenvalue weighted by Gasteiger charge is 2.36. The molecule has 0 aromatic heterocycles. The molecule has 1 aliphatic rings. The van der Waals surface area contributed by atoms with Crippen LogP contribution in [0.2, 0.25) is 0 Å². The second kappa shape index (κ2) is 7.83. The highest BCUT2D eigenvalue weighted by molar-refractivity contribution is 5.60. The molecule has 0 bridgehead atoms. The first-order valence-electron chi connectivity index (χ1n) is 7.03. The van der Waals surface area contributed by atoms with Gasteiger partial charge >= 0.3 is 0 Å². The number of hydrogen-bond donors (Lipinski definition) is 0. The lowest BCUT2D eigenvalue weighted by Gasteiger charge is -2.30. The summed E-state index contributed by atoms with van der Waals surface area (Å²) in [7, 11) is 0. The molecule has 0 saturated carbocycles. The van der Waals surface area contributed by atoms with Gasteiger partial charge in [0.2, 0.25) is 0 Å². The number of unbranched alkanes of at least 4 members (excludes halogenated alkanes) is 2. The topological polar surface area (TPSA) is 29.5 Å². The third kappa shape index (κ3) is 4.76. The van der Waals surface area contributed by atoms with Crippen molar-refractivity contribution in [1.82, 2.24) is 4.90 Å². The van der Waals surface area contributed by atoms with Crippen molar-refractivity contribution in [2.45, 2.75) is 46.0 Å². The second-order valence-corrected chi connectivity index (χ2v) is 5.27. The lowest BCUT2D eigenvalue weighted by Crippen LogP contribution is -2.40. The van der Waals surface area contributed by atoms with Gasteiger partial charge in [0.05, 0.1) is 12.0 Å². The molecule has 100 valence electrons. The predicted octanol–water partition coefficient (Wildman–Crippen LogP) is 2.49. The van der Waals surface area contributed by atoms with Crippen LogP contribution in [0.25, 0.3) is 0 Å². The Balaban J connectivity index is 2.47. The smallest absolute Gasteiger partial charge is 0.129 e. The van der Waals surface area contributed by atoms with E-state index in [1.165, 1.54) is 25.7 Å². The first-order valence-corrected chi connectivity index (χ1v) is 7.03. The van der Waals surface area contributed by atoms with E-state index in [4.69, 9.17) is 4.74 Å². The fraction of sp³-hybridized carbons (Fsp3) is 0.929. The Morgan fingerprint density at radius 2 is 1.88 bits per heavy atom. The van der Waals surface area contributed by atoms with Crippen LogP contribution in [0.1, 0.15) is 46.0 Å². The molecule has 0 amide bonds. The first-order chi connectivity index (χ1) is 8.26. The second-order valence-electron chi connectivity index (χ2n) is 5.27. The summed E-state index contributed by atoms with van der Waals surface area (Å²) in [6.07, 6.45) is 6.90. The Labute approximate surface area is 106 Å². The summed E-state index contributed by atoms with van der Waals surface area (Å²) in [5.74, 6) is 0. The fourth-order valence-corrected chi connectivity index (χ4v) is 2.36. The molecule has 0 N–H and O–H groups in total. The maximum Gasteiger partial charge on any atom is 0.129 e. The third-order valence-electron chi connectivity index (χ3n) is 3.58. The Hall–Kier alpha value is -0.410. The zero-order valence-corrected chi connectivity index (χ0v) is 11.4. The molecule has 3 heteroatoms. The van der Waals surface area contributed by atoms with Gasteiger partial charge in [0.1, 0.15) is 6.29 Å². The molecule has 0 aliphatic carbocycles. The minimum Gasteiger partial charge on any atom is -0.380 e. The molecule has 1 aliphatic heterocycles. The average Bonchev–Trinajstić information content (AvgIpc) is 2.82. The summed E-state index contributed by atoms with van der Waals surface area (Å²) in [6.45, 7) is 8.91. The maximum absolute atomic E-state index is 11.3. The van der Waals surface area contributed by atoms with E-state index in [0.29, 0.717) is 6.61 Å².